The van der Waals surface area contributed by atoms with Crippen LogP contribution in [0.5, 0.6) is 0 Å². The maximum absolute atomic E-state index is 3.70. The number of benzene rings is 1. The van der Waals surface area contributed by atoms with Gasteiger partial charge in [-0.3, -0.25) is 0 Å². The molecule has 0 radical (unpaired) electrons. The van der Waals surface area contributed by atoms with E-state index in [-0.39, 0.29) is 5.41 Å². The Bertz CT molecular complexity index is 384. The van der Waals surface area contributed by atoms with E-state index in [0.29, 0.717) is 6.04 Å². The van der Waals surface area contributed by atoms with Crippen LogP contribution in [0.4, 0.5) is 0 Å². The van der Waals surface area contributed by atoms with Crippen LogP contribution >= 0.6 is 15.9 Å². The normalized spacial score (nSPS) is 20.9. The summed E-state index contributed by atoms with van der Waals surface area (Å²) < 4.78 is 1.21. The molecule has 2 rings (SSSR count). The average Bonchev–Trinajstić information content (AvgIpc) is 2.38. The van der Waals surface area contributed by atoms with Gasteiger partial charge in [-0.15, -0.1) is 0 Å². The molecule has 0 aromatic heterocycles. The highest BCUT2D eigenvalue weighted by Crippen LogP contribution is 2.29. The van der Waals surface area contributed by atoms with Crippen LogP contribution in [0.15, 0.2) is 28.7 Å². The standard InChI is InChI=1S/C15H23BrN2/c1-15(2,13-7-3-4-8-14(13)16)11-18-12-6-5-9-17-10-12/h3-4,7-8,12,17-18H,5-6,9-11H2,1-2H3. The van der Waals surface area contributed by atoms with Crippen molar-refractivity contribution in [2.45, 2.75) is 38.1 Å². The van der Waals surface area contributed by atoms with E-state index >= 15 is 0 Å². The first-order valence-electron chi connectivity index (χ1n) is 6.79. The number of nitrogens with one attached hydrogen (secondary N) is 2. The van der Waals surface area contributed by atoms with Crippen LogP contribution in [0.1, 0.15) is 32.3 Å². The van der Waals surface area contributed by atoms with E-state index in [0.717, 1.165) is 13.1 Å². The first-order valence-corrected chi connectivity index (χ1v) is 7.58. The molecule has 0 amide bonds. The second-order valence-electron chi connectivity index (χ2n) is 5.79. The number of halogens is 1. The van der Waals surface area contributed by atoms with E-state index in [1.807, 2.05) is 0 Å². The van der Waals surface area contributed by atoms with Crippen molar-refractivity contribution in [3.05, 3.63) is 34.3 Å². The molecule has 0 bridgehead atoms. The predicted octanol–water partition coefficient (Wildman–Crippen LogP) is 3.07. The van der Waals surface area contributed by atoms with Crippen molar-refractivity contribution in [2.24, 2.45) is 0 Å². The van der Waals surface area contributed by atoms with E-state index in [2.05, 4.69) is 64.7 Å². The smallest absolute Gasteiger partial charge is 0.0213 e. The third-order valence-electron chi connectivity index (χ3n) is 3.73. The van der Waals surface area contributed by atoms with Crippen LogP contribution in [0.2, 0.25) is 0 Å². The lowest BCUT2D eigenvalue weighted by molar-refractivity contribution is 0.353. The summed E-state index contributed by atoms with van der Waals surface area (Å²) in [6.45, 7) is 7.90. The van der Waals surface area contributed by atoms with Crippen LogP contribution in [0, 0.1) is 0 Å². The highest BCUT2D eigenvalue weighted by molar-refractivity contribution is 9.10. The first-order chi connectivity index (χ1) is 8.59. The van der Waals surface area contributed by atoms with Crippen LogP contribution in [-0.4, -0.2) is 25.7 Å². The SMILES string of the molecule is CC(C)(CNC1CCCNC1)c1ccccc1Br. The molecule has 1 fully saturated rings. The van der Waals surface area contributed by atoms with Crippen LogP contribution in [0.25, 0.3) is 0 Å². The molecule has 1 heterocycles. The molecule has 2 nitrogen and oxygen atoms in total. The molecule has 1 saturated heterocycles. The molecule has 3 heteroatoms. The average molecular weight is 311 g/mol. The molecule has 1 aliphatic heterocycles. The van der Waals surface area contributed by atoms with Gasteiger partial charge >= 0.3 is 0 Å². The van der Waals surface area contributed by atoms with Crippen LogP contribution < -0.4 is 10.6 Å². The molecule has 1 aromatic carbocycles. The molecular weight excluding hydrogens is 288 g/mol. The van der Waals surface area contributed by atoms with Crippen molar-refractivity contribution < 1.29 is 0 Å². The lowest BCUT2D eigenvalue weighted by Gasteiger charge is -2.31. The quantitative estimate of drug-likeness (QED) is 0.893. The lowest BCUT2D eigenvalue weighted by Crippen LogP contribution is -2.47. The van der Waals surface area contributed by atoms with E-state index < -0.39 is 0 Å². The minimum atomic E-state index is 0.150. The fourth-order valence-electron chi connectivity index (χ4n) is 2.53. The Kier molecular flexibility index (Phi) is 4.82. The van der Waals surface area contributed by atoms with Gasteiger partial charge in [-0.05, 0) is 31.0 Å². The third-order valence-corrected chi connectivity index (χ3v) is 4.42. The van der Waals surface area contributed by atoms with Crippen LogP contribution in [-0.2, 0) is 5.41 Å². The van der Waals surface area contributed by atoms with Gasteiger partial charge in [0, 0.05) is 29.0 Å². The molecule has 1 aliphatic rings. The molecule has 1 unspecified atom stereocenters. The number of hydrogen-bond donors (Lipinski definition) is 2. The van der Waals surface area contributed by atoms with Gasteiger partial charge in [0.2, 0.25) is 0 Å². The van der Waals surface area contributed by atoms with Gasteiger partial charge < -0.3 is 10.6 Å². The summed E-state index contributed by atoms with van der Waals surface area (Å²) >= 11 is 3.66. The summed E-state index contributed by atoms with van der Waals surface area (Å²) in [7, 11) is 0. The maximum atomic E-state index is 3.70. The van der Waals surface area contributed by atoms with Gasteiger partial charge in [-0.25, -0.2) is 0 Å². The van der Waals surface area contributed by atoms with Crippen molar-refractivity contribution in [1.82, 2.24) is 10.6 Å². The monoisotopic (exact) mass is 310 g/mol. The molecule has 0 spiro atoms. The highest BCUT2D eigenvalue weighted by Gasteiger charge is 2.24. The van der Waals surface area contributed by atoms with Gasteiger partial charge in [0.15, 0.2) is 0 Å². The Balaban J connectivity index is 1.96. The summed E-state index contributed by atoms with van der Waals surface area (Å²) in [5, 5.41) is 7.15. The highest BCUT2D eigenvalue weighted by atomic mass is 79.9. The Morgan fingerprint density at radius 1 is 1.39 bits per heavy atom. The van der Waals surface area contributed by atoms with Crippen molar-refractivity contribution in [2.75, 3.05) is 19.6 Å². The zero-order valence-electron chi connectivity index (χ0n) is 11.3. The Morgan fingerprint density at radius 3 is 2.83 bits per heavy atom. The second-order valence-corrected chi connectivity index (χ2v) is 6.64. The molecule has 100 valence electrons. The minimum absolute atomic E-state index is 0.150. The third kappa shape index (κ3) is 3.56. The zero-order valence-corrected chi connectivity index (χ0v) is 12.9. The second kappa shape index (κ2) is 6.18. The van der Waals surface area contributed by atoms with Crippen molar-refractivity contribution in [3.8, 4) is 0 Å². The van der Waals surface area contributed by atoms with Crippen molar-refractivity contribution in [3.63, 3.8) is 0 Å². The summed E-state index contributed by atoms with van der Waals surface area (Å²) in [4.78, 5) is 0. The van der Waals surface area contributed by atoms with Crippen molar-refractivity contribution in [1.29, 1.82) is 0 Å². The number of piperidine rings is 1. The van der Waals surface area contributed by atoms with Gasteiger partial charge in [-0.2, -0.15) is 0 Å². The summed E-state index contributed by atoms with van der Waals surface area (Å²) in [6.07, 6.45) is 2.58. The largest absolute Gasteiger partial charge is 0.315 e. The Morgan fingerprint density at radius 2 is 2.17 bits per heavy atom. The van der Waals surface area contributed by atoms with Crippen LogP contribution in [0.3, 0.4) is 0 Å². The molecule has 1 aromatic rings. The van der Waals surface area contributed by atoms with E-state index in [1.54, 1.807) is 0 Å². The molecular formula is C15H23BrN2. The van der Waals surface area contributed by atoms with Gasteiger partial charge in [0.25, 0.3) is 0 Å². The predicted molar refractivity (Wildman–Crippen MR) is 81.1 cm³/mol. The van der Waals surface area contributed by atoms with E-state index in [1.165, 1.54) is 29.4 Å². The molecule has 2 N–H and O–H groups in total. The van der Waals surface area contributed by atoms with E-state index in [9.17, 15) is 0 Å². The molecule has 18 heavy (non-hydrogen) atoms. The zero-order chi connectivity index (χ0) is 13.0. The lowest BCUT2D eigenvalue weighted by atomic mass is 9.84. The fourth-order valence-corrected chi connectivity index (χ4v) is 3.35. The van der Waals surface area contributed by atoms with Crippen molar-refractivity contribution >= 4 is 15.9 Å². The van der Waals surface area contributed by atoms with E-state index in [4.69, 9.17) is 0 Å². The first kappa shape index (κ1) is 14.0. The molecule has 1 atom stereocenters. The minimum Gasteiger partial charge on any atom is -0.315 e. The number of hydrogen-bond acceptors (Lipinski definition) is 2. The number of rotatable bonds is 4. The fraction of sp³-hybridized carbons (Fsp3) is 0.600. The topological polar surface area (TPSA) is 24.1 Å². The summed E-state index contributed by atoms with van der Waals surface area (Å²) in [6, 6.07) is 9.15. The summed E-state index contributed by atoms with van der Waals surface area (Å²) in [5.74, 6) is 0. The molecule has 0 saturated carbocycles. The van der Waals surface area contributed by atoms with Gasteiger partial charge in [0.1, 0.15) is 0 Å². The molecule has 0 aliphatic carbocycles. The Hall–Kier alpha value is -0.380. The Labute approximate surface area is 119 Å². The summed E-state index contributed by atoms with van der Waals surface area (Å²) in [5.41, 5.74) is 1.53. The maximum Gasteiger partial charge on any atom is 0.0213 e. The van der Waals surface area contributed by atoms with Gasteiger partial charge in [-0.1, -0.05) is 48.0 Å². The van der Waals surface area contributed by atoms with Gasteiger partial charge in [0.05, 0.1) is 0 Å².